The summed E-state index contributed by atoms with van der Waals surface area (Å²) in [5, 5.41) is 5.69. The Bertz CT molecular complexity index is 524. The summed E-state index contributed by atoms with van der Waals surface area (Å²) in [7, 11) is 0. The van der Waals surface area contributed by atoms with Crippen molar-refractivity contribution in [2.45, 2.75) is 25.9 Å². The van der Waals surface area contributed by atoms with E-state index in [2.05, 4.69) is 18.9 Å². The van der Waals surface area contributed by atoms with Crippen LogP contribution in [0, 0.1) is 0 Å². The monoisotopic (exact) mass is 254 g/mol. The van der Waals surface area contributed by atoms with Gasteiger partial charge in [0.25, 0.3) is 0 Å². The van der Waals surface area contributed by atoms with Crippen LogP contribution in [0.4, 0.5) is 13.2 Å². The molecule has 0 aliphatic carbocycles. The van der Waals surface area contributed by atoms with Crippen LogP contribution in [0.2, 0.25) is 0 Å². The van der Waals surface area contributed by atoms with Gasteiger partial charge in [-0.15, -0.1) is 0 Å². The molecule has 0 spiro atoms. The summed E-state index contributed by atoms with van der Waals surface area (Å²) in [5.74, 6) is 0.393. The van der Waals surface area contributed by atoms with Crippen molar-refractivity contribution in [2.24, 2.45) is 0 Å². The number of nitrogens with zero attached hydrogens (tertiary/aromatic N) is 1. The first-order chi connectivity index (χ1) is 8.38. The van der Waals surface area contributed by atoms with E-state index in [-0.39, 0.29) is 0 Å². The lowest BCUT2D eigenvalue weighted by Gasteiger charge is -2.05. The van der Waals surface area contributed by atoms with Gasteiger partial charge in [0, 0.05) is 5.56 Å². The number of H-pyrrole nitrogens is 1. The van der Waals surface area contributed by atoms with Gasteiger partial charge >= 0.3 is 6.18 Å². The van der Waals surface area contributed by atoms with Crippen LogP contribution < -0.4 is 0 Å². The van der Waals surface area contributed by atoms with Crippen molar-refractivity contribution in [3.8, 4) is 11.3 Å². The molecule has 5 heteroatoms. The summed E-state index contributed by atoms with van der Waals surface area (Å²) in [5.41, 5.74) is 1.29. The van der Waals surface area contributed by atoms with Gasteiger partial charge in [0.1, 0.15) is 5.69 Å². The van der Waals surface area contributed by atoms with Crippen LogP contribution in [-0.2, 0) is 6.18 Å². The molecular formula is C13H13F3N2. The number of aromatic amines is 1. The van der Waals surface area contributed by atoms with E-state index in [0.717, 1.165) is 11.6 Å². The molecule has 2 nitrogen and oxygen atoms in total. The Balaban J connectivity index is 2.29. The standard InChI is InChI=1S/C13H13F3N2/c1-8(2)9-3-5-10(6-4-9)11-7-12(18-17-11)13(14,15)16/h3-8H,1-2H3,(H,17,18). The van der Waals surface area contributed by atoms with E-state index < -0.39 is 11.9 Å². The van der Waals surface area contributed by atoms with Gasteiger partial charge in [-0.25, -0.2) is 0 Å². The normalized spacial score (nSPS) is 12.1. The third kappa shape index (κ3) is 2.55. The number of hydrogen-bond acceptors (Lipinski definition) is 1. The number of rotatable bonds is 2. The van der Waals surface area contributed by atoms with Crippen molar-refractivity contribution < 1.29 is 13.2 Å². The first-order valence-corrected chi connectivity index (χ1v) is 5.61. The van der Waals surface area contributed by atoms with Gasteiger partial charge in [-0.05, 0) is 17.5 Å². The minimum Gasteiger partial charge on any atom is -0.273 e. The zero-order valence-corrected chi connectivity index (χ0v) is 10.0. The van der Waals surface area contributed by atoms with Gasteiger partial charge in [-0.1, -0.05) is 38.1 Å². The number of aromatic nitrogens is 2. The Labute approximate surface area is 103 Å². The van der Waals surface area contributed by atoms with Crippen molar-refractivity contribution in [3.63, 3.8) is 0 Å². The van der Waals surface area contributed by atoms with Gasteiger partial charge in [-0.2, -0.15) is 18.3 Å². The highest BCUT2D eigenvalue weighted by molar-refractivity contribution is 5.59. The molecule has 0 bridgehead atoms. The van der Waals surface area contributed by atoms with Crippen LogP contribution in [0.1, 0.15) is 31.0 Å². The van der Waals surface area contributed by atoms with E-state index in [0.29, 0.717) is 17.2 Å². The molecule has 0 saturated carbocycles. The SMILES string of the molecule is CC(C)c1ccc(-c2cc(C(F)(F)F)[nH]n2)cc1. The summed E-state index contributed by atoms with van der Waals surface area (Å²) < 4.78 is 37.2. The van der Waals surface area contributed by atoms with E-state index in [1.54, 1.807) is 12.1 Å². The molecule has 18 heavy (non-hydrogen) atoms. The van der Waals surface area contributed by atoms with E-state index in [1.165, 1.54) is 0 Å². The molecule has 2 aromatic rings. The molecule has 1 N–H and O–H groups in total. The highest BCUT2D eigenvalue weighted by Gasteiger charge is 2.33. The topological polar surface area (TPSA) is 28.7 Å². The highest BCUT2D eigenvalue weighted by atomic mass is 19.4. The summed E-state index contributed by atoms with van der Waals surface area (Å²) in [6.45, 7) is 4.12. The Morgan fingerprint density at radius 2 is 1.72 bits per heavy atom. The summed E-state index contributed by atoms with van der Waals surface area (Å²) in [4.78, 5) is 0. The average Bonchev–Trinajstić information content (AvgIpc) is 2.78. The van der Waals surface area contributed by atoms with Crippen LogP contribution in [0.3, 0.4) is 0 Å². The Morgan fingerprint density at radius 3 is 2.17 bits per heavy atom. The lowest BCUT2D eigenvalue weighted by molar-refractivity contribution is -0.141. The molecule has 1 aromatic heterocycles. The maximum Gasteiger partial charge on any atom is 0.432 e. The Morgan fingerprint density at radius 1 is 1.11 bits per heavy atom. The molecule has 1 aromatic carbocycles. The molecular weight excluding hydrogens is 241 g/mol. The summed E-state index contributed by atoms with van der Waals surface area (Å²) in [6.07, 6.45) is -4.39. The Kier molecular flexibility index (Phi) is 3.15. The zero-order chi connectivity index (χ0) is 13.3. The smallest absolute Gasteiger partial charge is 0.273 e. The number of benzene rings is 1. The van der Waals surface area contributed by atoms with Crippen LogP contribution >= 0.6 is 0 Å². The number of alkyl halides is 3. The Hall–Kier alpha value is -1.78. The highest BCUT2D eigenvalue weighted by Crippen LogP contribution is 2.30. The fourth-order valence-electron chi connectivity index (χ4n) is 1.65. The van der Waals surface area contributed by atoms with Crippen molar-refractivity contribution in [1.29, 1.82) is 0 Å². The van der Waals surface area contributed by atoms with Crippen LogP contribution in [0.15, 0.2) is 30.3 Å². The maximum atomic E-state index is 12.4. The predicted molar refractivity (Wildman–Crippen MR) is 63.1 cm³/mol. The van der Waals surface area contributed by atoms with Crippen LogP contribution in [0.5, 0.6) is 0 Å². The fourth-order valence-corrected chi connectivity index (χ4v) is 1.65. The van der Waals surface area contributed by atoms with E-state index in [1.807, 2.05) is 17.2 Å². The summed E-state index contributed by atoms with van der Waals surface area (Å²) in [6, 6.07) is 8.39. The second kappa shape index (κ2) is 4.48. The number of halogens is 3. The second-order valence-corrected chi connectivity index (χ2v) is 4.44. The van der Waals surface area contributed by atoms with Gasteiger partial charge in [-0.3, -0.25) is 5.10 Å². The third-order valence-electron chi connectivity index (χ3n) is 2.76. The zero-order valence-electron chi connectivity index (χ0n) is 10.0. The number of nitrogens with one attached hydrogen (secondary N) is 1. The minimum atomic E-state index is -4.39. The molecule has 0 aliphatic rings. The van der Waals surface area contributed by atoms with Gasteiger partial charge < -0.3 is 0 Å². The summed E-state index contributed by atoms with van der Waals surface area (Å²) >= 11 is 0. The lowest BCUT2D eigenvalue weighted by atomic mass is 10.0. The first kappa shape index (κ1) is 12.7. The lowest BCUT2D eigenvalue weighted by Crippen LogP contribution is -2.04. The van der Waals surface area contributed by atoms with Gasteiger partial charge in [0.15, 0.2) is 0 Å². The maximum absolute atomic E-state index is 12.4. The van der Waals surface area contributed by atoms with E-state index in [4.69, 9.17) is 0 Å². The minimum absolute atomic E-state index is 0.303. The molecule has 96 valence electrons. The third-order valence-corrected chi connectivity index (χ3v) is 2.76. The predicted octanol–water partition coefficient (Wildman–Crippen LogP) is 4.22. The van der Waals surface area contributed by atoms with Crippen LogP contribution in [-0.4, -0.2) is 10.2 Å². The van der Waals surface area contributed by atoms with Crippen molar-refractivity contribution in [3.05, 3.63) is 41.6 Å². The van der Waals surface area contributed by atoms with Crippen molar-refractivity contribution >= 4 is 0 Å². The average molecular weight is 254 g/mol. The molecule has 0 saturated heterocycles. The fraction of sp³-hybridized carbons (Fsp3) is 0.308. The molecule has 0 unspecified atom stereocenters. The molecule has 1 heterocycles. The molecule has 0 atom stereocenters. The van der Waals surface area contributed by atoms with Crippen LogP contribution in [0.25, 0.3) is 11.3 Å². The van der Waals surface area contributed by atoms with E-state index >= 15 is 0 Å². The van der Waals surface area contributed by atoms with E-state index in [9.17, 15) is 13.2 Å². The van der Waals surface area contributed by atoms with Gasteiger partial charge in [0.2, 0.25) is 0 Å². The van der Waals surface area contributed by atoms with Gasteiger partial charge in [0.05, 0.1) is 5.69 Å². The number of hydrogen-bond donors (Lipinski definition) is 1. The molecule has 0 amide bonds. The quantitative estimate of drug-likeness (QED) is 0.854. The first-order valence-electron chi connectivity index (χ1n) is 5.61. The largest absolute Gasteiger partial charge is 0.432 e. The molecule has 0 fully saturated rings. The van der Waals surface area contributed by atoms with Crippen molar-refractivity contribution in [1.82, 2.24) is 10.2 Å². The molecule has 0 aliphatic heterocycles. The van der Waals surface area contributed by atoms with Crippen molar-refractivity contribution in [2.75, 3.05) is 0 Å². The molecule has 0 radical (unpaired) electrons. The molecule has 2 rings (SSSR count). The second-order valence-electron chi connectivity index (χ2n) is 4.44.